The van der Waals surface area contributed by atoms with Crippen molar-refractivity contribution in [1.29, 1.82) is 0 Å². The average molecular weight is 279 g/mol. The van der Waals surface area contributed by atoms with E-state index in [1.54, 1.807) is 0 Å². The van der Waals surface area contributed by atoms with Gasteiger partial charge in [-0.15, -0.1) is 0 Å². The molecule has 0 radical (unpaired) electrons. The van der Waals surface area contributed by atoms with E-state index in [1.807, 2.05) is 16.9 Å². The topological polar surface area (TPSA) is 70.1 Å². The minimum atomic E-state index is -0.290. The number of carbonyl (C=O) groups is 1. The monoisotopic (exact) mass is 279 g/mol. The van der Waals surface area contributed by atoms with Crippen LogP contribution >= 0.6 is 0 Å². The van der Waals surface area contributed by atoms with E-state index in [1.165, 1.54) is 0 Å². The maximum atomic E-state index is 12.2. The molecule has 2 heterocycles. The predicted octanol–water partition coefficient (Wildman–Crippen LogP) is 1.86. The van der Waals surface area contributed by atoms with Crippen LogP contribution in [0.5, 0.6) is 0 Å². The molecular weight excluding hydrogens is 254 g/mol. The molecule has 0 amide bonds. The number of aromatic nitrogens is 2. The van der Waals surface area contributed by atoms with Gasteiger partial charge in [0.05, 0.1) is 24.3 Å². The first-order chi connectivity index (χ1) is 9.67. The van der Waals surface area contributed by atoms with Gasteiger partial charge in [0.1, 0.15) is 6.10 Å². The molecule has 112 valence electrons. The van der Waals surface area contributed by atoms with Crippen molar-refractivity contribution in [3.8, 4) is 0 Å². The number of Topliss-reactive ketones (excluding diaryl/α,β-unsaturated/α-hetero) is 1. The molecule has 5 heteroatoms. The van der Waals surface area contributed by atoms with E-state index >= 15 is 0 Å². The third-order valence-electron chi connectivity index (χ3n) is 4.07. The van der Waals surface area contributed by atoms with Crippen molar-refractivity contribution in [2.75, 3.05) is 6.54 Å². The van der Waals surface area contributed by atoms with Crippen LogP contribution in [-0.2, 0) is 16.0 Å². The van der Waals surface area contributed by atoms with Crippen LogP contribution in [0.25, 0.3) is 0 Å². The maximum Gasteiger partial charge on any atom is 0.167 e. The molecule has 2 rings (SSSR count). The third kappa shape index (κ3) is 3.46. The Morgan fingerprint density at radius 2 is 2.25 bits per heavy atom. The van der Waals surface area contributed by atoms with Crippen LogP contribution in [0.4, 0.5) is 0 Å². The summed E-state index contributed by atoms with van der Waals surface area (Å²) in [4.78, 5) is 12.2. The summed E-state index contributed by atoms with van der Waals surface area (Å²) in [5, 5.41) is 4.52. The van der Waals surface area contributed by atoms with E-state index in [0.717, 1.165) is 31.4 Å². The molecule has 0 aliphatic carbocycles. The van der Waals surface area contributed by atoms with Crippen LogP contribution in [0, 0.1) is 0 Å². The zero-order valence-electron chi connectivity index (χ0n) is 12.4. The molecule has 1 saturated heterocycles. The van der Waals surface area contributed by atoms with E-state index < -0.39 is 0 Å². The van der Waals surface area contributed by atoms with E-state index in [0.29, 0.717) is 19.0 Å². The van der Waals surface area contributed by atoms with Crippen molar-refractivity contribution < 1.29 is 9.53 Å². The van der Waals surface area contributed by atoms with Gasteiger partial charge in [-0.3, -0.25) is 9.48 Å². The Labute approximate surface area is 120 Å². The summed E-state index contributed by atoms with van der Waals surface area (Å²) in [7, 11) is 0. The van der Waals surface area contributed by atoms with Gasteiger partial charge in [-0.05, 0) is 31.7 Å². The number of hydrogen-bond acceptors (Lipinski definition) is 4. The molecule has 1 aliphatic heterocycles. The summed E-state index contributed by atoms with van der Waals surface area (Å²) in [5.74, 6) is 0.121. The van der Waals surface area contributed by atoms with Gasteiger partial charge in [-0.2, -0.15) is 5.10 Å². The highest BCUT2D eigenvalue weighted by molar-refractivity contribution is 5.85. The number of ketones is 1. The molecule has 0 bridgehead atoms. The van der Waals surface area contributed by atoms with Crippen molar-refractivity contribution in [1.82, 2.24) is 9.78 Å². The Morgan fingerprint density at radius 3 is 2.85 bits per heavy atom. The molecule has 1 aliphatic rings. The second-order valence-corrected chi connectivity index (χ2v) is 5.46. The first kappa shape index (κ1) is 15.2. The van der Waals surface area contributed by atoms with Crippen molar-refractivity contribution in [2.45, 2.75) is 64.2 Å². The van der Waals surface area contributed by atoms with Crippen molar-refractivity contribution in [2.24, 2.45) is 5.73 Å². The number of rotatable bonds is 7. The molecule has 2 atom stereocenters. The zero-order chi connectivity index (χ0) is 14.5. The Bertz CT molecular complexity index is 440. The minimum absolute atomic E-state index is 0.0473. The van der Waals surface area contributed by atoms with Crippen molar-refractivity contribution >= 4 is 5.78 Å². The smallest absolute Gasteiger partial charge is 0.167 e. The largest absolute Gasteiger partial charge is 0.366 e. The number of ether oxygens (including phenoxy) is 1. The van der Waals surface area contributed by atoms with Crippen LogP contribution < -0.4 is 5.73 Å². The van der Waals surface area contributed by atoms with Gasteiger partial charge in [0.15, 0.2) is 5.78 Å². The average Bonchev–Trinajstić information content (AvgIpc) is 3.09. The number of nitrogens with zero attached hydrogens (tertiary/aromatic N) is 2. The SMILES string of the molecule is CCC(CC)n1ccc(CC(=O)C2CCC(CN)O2)n1. The van der Waals surface area contributed by atoms with Gasteiger partial charge < -0.3 is 10.5 Å². The van der Waals surface area contributed by atoms with E-state index in [4.69, 9.17) is 10.5 Å². The Hall–Kier alpha value is -1.20. The van der Waals surface area contributed by atoms with Crippen molar-refractivity contribution in [3.05, 3.63) is 18.0 Å². The van der Waals surface area contributed by atoms with Gasteiger partial charge in [0, 0.05) is 12.7 Å². The molecule has 1 aromatic heterocycles. The predicted molar refractivity (Wildman–Crippen MR) is 77.5 cm³/mol. The lowest BCUT2D eigenvalue weighted by atomic mass is 10.1. The lowest BCUT2D eigenvalue weighted by Crippen LogP contribution is -2.26. The highest BCUT2D eigenvalue weighted by Gasteiger charge is 2.29. The zero-order valence-corrected chi connectivity index (χ0v) is 12.4. The second-order valence-electron chi connectivity index (χ2n) is 5.46. The molecule has 20 heavy (non-hydrogen) atoms. The fourth-order valence-corrected chi connectivity index (χ4v) is 2.75. The molecule has 0 spiro atoms. The number of nitrogens with two attached hydrogens (primary N) is 1. The number of hydrogen-bond donors (Lipinski definition) is 1. The quantitative estimate of drug-likeness (QED) is 0.827. The molecule has 1 aromatic rings. The van der Waals surface area contributed by atoms with Crippen molar-refractivity contribution in [3.63, 3.8) is 0 Å². The second kappa shape index (κ2) is 6.99. The van der Waals surface area contributed by atoms with Crippen LogP contribution in [0.3, 0.4) is 0 Å². The molecule has 0 aromatic carbocycles. The summed E-state index contributed by atoms with van der Waals surface area (Å²) in [5.41, 5.74) is 6.40. The van der Waals surface area contributed by atoms with Gasteiger partial charge >= 0.3 is 0 Å². The first-order valence-corrected chi connectivity index (χ1v) is 7.60. The summed E-state index contributed by atoms with van der Waals surface area (Å²) >= 11 is 0. The van der Waals surface area contributed by atoms with Gasteiger partial charge in [0.25, 0.3) is 0 Å². The molecular formula is C15H25N3O2. The summed E-state index contributed by atoms with van der Waals surface area (Å²) in [6.07, 6.45) is 5.86. The summed E-state index contributed by atoms with van der Waals surface area (Å²) in [6.45, 7) is 4.80. The fourth-order valence-electron chi connectivity index (χ4n) is 2.75. The highest BCUT2D eigenvalue weighted by atomic mass is 16.5. The molecule has 5 nitrogen and oxygen atoms in total. The van der Waals surface area contributed by atoms with Gasteiger partial charge in [-0.25, -0.2) is 0 Å². The molecule has 2 unspecified atom stereocenters. The molecule has 0 saturated carbocycles. The standard InChI is InChI=1S/C15H25N3O2/c1-3-12(4-2)18-8-7-11(17-18)9-14(19)15-6-5-13(10-16)20-15/h7-8,12-13,15H,3-6,9-10,16H2,1-2H3. The van der Waals surface area contributed by atoms with Gasteiger partial charge in [0.2, 0.25) is 0 Å². The molecule has 2 N–H and O–H groups in total. The maximum absolute atomic E-state index is 12.2. The van der Waals surface area contributed by atoms with E-state index in [9.17, 15) is 4.79 Å². The minimum Gasteiger partial charge on any atom is -0.366 e. The normalized spacial score (nSPS) is 22.6. The lowest BCUT2D eigenvalue weighted by molar-refractivity contribution is -0.129. The Balaban J connectivity index is 1.92. The van der Waals surface area contributed by atoms with E-state index in [-0.39, 0.29) is 18.0 Å². The van der Waals surface area contributed by atoms with Crippen LogP contribution in [0.1, 0.15) is 51.3 Å². The fraction of sp³-hybridized carbons (Fsp3) is 0.733. The van der Waals surface area contributed by atoms with Crippen LogP contribution in [0.2, 0.25) is 0 Å². The van der Waals surface area contributed by atoms with Crippen LogP contribution in [0.15, 0.2) is 12.3 Å². The summed E-state index contributed by atoms with van der Waals surface area (Å²) < 4.78 is 7.61. The lowest BCUT2D eigenvalue weighted by Gasteiger charge is -2.13. The Morgan fingerprint density at radius 1 is 1.50 bits per heavy atom. The van der Waals surface area contributed by atoms with Crippen LogP contribution in [-0.4, -0.2) is 34.3 Å². The highest BCUT2D eigenvalue weighted by Crippen LogP contribution is 2.21. The third-order valence-corrected chi connectivity index (χ3v) is 4.07. The summed E-state index contributed by atoms with van der Waals surface area (Å²) in [6, 6.07) is 2.36. The Kier molecular flexibility index (Phi) is 5.31. The van der Waals surface area contributed by atoms with Gasteiger partial charge in [-0.1, -0.05) is 13.8 Å². The first-order valence-electron chi connectivity index (χ1n) is 7.60. The van der Waals surface area contributed by atoms with E-state index in [2.05, 4.69) is 18.9 Å². The molecule has 1 fully saturated rings. The number of carbonyl (C=O) groups excluding carboxylic acids is 1.